The van der Waals surface area contributed by atoms with Crippen molar-refractivity contribution in [3.63, 3.8) is 0 Å². The van der Waals surface area contributed by atoms with E-state index in [1.165, 1.54) is 0 Å². The van der Waals surface area contributed by atoms with Gasteiger partial charge in [-0.1, -0.05) is 19.6 Å². The van der Waals surface area contributed by atoms with E-state index in [2.05, 4.69) is 47.2 Å². The van der Waals surface area contributed by atoms with Crippen molar-refractivity contribution in [3.8, 4) is 0 Å². The molecular weight excluding hydrogens is 136 g/mol. The number of isothiocyanates is 1. The molecule has 0 aromatic heterocycles. The van der Waals surface area contributed by atoms with Crippen molar-refractivity contribution in [1.29, 1.82) is 0 Å². The fourth-order valence-electron chi connectivity index (χ4n) is 0.191. The van der Waals surface area contributed by atoms with Crippen LogP contribution in [0.1, 0.15) is 0 Å². The van der Waals surface area contributed by atoms with Crippen LogP contribution in [0.3, 0.4) is 0 Å². The first-order valence-electron chi connectivity index (χ1n) is 2.40. The maximum Gasteiger partial charge on any atom is 0.166 e. The average Bonchev–Trinajstić information content (AvgIpc) is 1.59. The minimum absolute atomic E-state index is 1.22. The summed E-state index contributed by atoms with van der Waals surface area (Å²) in [6, 6.07) is 0. The Morgan fingerprint density at radius 1 is 1.50 bits per heavy atom. The first kappa shape index (κ1) is 7.82. The van der Waals surface area contributed by atoms with Crippen molar-refractivity contribution in [2.45, 2.75) is 19.6 Å². The van der Waals surface area contributed by atoms with Gasteiger partial charge in [-0.15, -0.1) is 5.10 Å². The number of hydrogen-bond donors (Lipinski definition) is 1. The summed E-state index contributed by atoms with van der Waals surface area (Å²) in [6.07, 6.45) is 0. The van der Waals surface area contributed by atoms with Crippen LogP contribution in [-0.2, 0) is 0 Å². The topological polar surface area (TPSA) is 24.4 Å². The molecular formula is C4H10N2SSi. The van der Waals surface area contributed by atoms with Crippen LogP contribution in [-0.4, -0.2) is 13.4 Å². The minimum atomic E-state index is -1.22. The van der Waals surface area contributed by atoms with Crippen molar-refractivity contribution in [3.05, 3.63) is 0 Å². The molecule has 0 radical (unpaired) electrons. The lowest BCUT2D eigenvalue weighted by atomic mass is 11.7. The molecule has 0 heterocycles. The molecule has 0 aliphatic rings. The van der Waals surface area contributed by atoms with Gasteiger partial charge < -0.3 is 5.09 Å². The molecule has 0 bridgehead atoms. The Kier molecular flexibility index (Phi) is 2.90. The van der Waals surface area contributed by atoms with E-state index in [1.807, 2.05) is 0 Å². The van der Waals surface area contributed by atoms with Crippen molar-refractivity contribution in [1.82, 2.24) is 5.09 Å². The first-order chi connectivity index (χ1) is 3.56. The second-order valence-corrected chi connectivity index (χ2v) is 7.47. The van der Waals surface area contributed by atoms with Gasteiger partial charge in [0.2, 0.25) is 0 Å². The molecule has 0 aromatic rings. The quantitative estimate of drug-likeness (QED) is 0.276. The Bertz CT molecular complexity index is 112. The molecule has 0 atom stereocenters. The predicted octanol–water partition coefficient (Wildman–Crippen LogP) is 1.43. The van der Waals surface area contributed by atoms with Gasteiger partial charge in [-0.05, 0) is 12.2 Å². The summed E-state index contributed by atoms with van der Waals surface area (Å²) in [6.45, 7) is 6.43. The molecule has 0 aromatic carbocycles. The third-order valence-electron chi connectivity index (χ3n) is 0.437. The molecule has 0 saturated carbocycles. The van der Waals surface area contributed by atoms with E-state index in [1.54, 1.807) is 0 Å². The van der Waals surface area contributed by atoms with Gasteiger partial charge in [0.1, 0.15) is 0 Å². The molecule has 0 saturated heterocycles. The second-order valence-electron chi connectivity index (χ2n) is 2.56. The molecule has 2 nitrogen and oxygen atoms in total. The van der Waals surface area contributed by atoms with Gasteiger partial charge in [-0.25, -0.2) is 0 Å². The SMILES string of the molecule is C[Si](C)(C)NN=C=S. The summed E-state index contributed by atoms with van der Waals surface area (Å²) in [4.78, 5) is 0. The van der Waals surface area contributed by atoms with Crippen LogP contribution < -0.4 is 5.09 Å². The Labute approximate surface area is 56.1 Å². The van der Waals surface area contributed by atoms with Gasteiger partial charge in [0.15, 0.2) is 8.24 Å². The lowest BCUT2D eigenvalue weighted by Gasteiger charge is -2.11. The normalized spacial score (nSPS) is 9.88. The van der Waals surface area contributed by atoms with Crippen LogP contribution in [0.15, 0.2) is 5.10 Å². The summed E-state index contributed by atoms with van der Waals surface area (Å²) in [7, 11) is -1.22. The highest BCUT2D eigenvalue weighted by Crippen LogP contribution is 1.91. The summed E-state index contributed by atoms with van der Waals surface area (Å²) in [5, 5.41) is 8.80. The molecule has 46 valence electrons. The molecule has 0 aliphatic heterocycles. The molecule has 0 rings (SSSR count). The summed E-state index contributed by atoms with van der Waals surface area (Å²) in [5.74, 6) is 0. The first-order valence-corrected chi connectivity index (χ1v) is 6.31. The fourth-order valence-corrected chi connectivity index (χ4v) is 0.709. The maximum absolute atomic E-state index is 4.36. The van der Waals surface area contributed by atoms with Crippen LogP contribution in [0, 0.1) is 0 Å². The van der Waals surface area contributed by atoms with Gasteiger partial charge >= 0.3 is 0 Å². The maximum atomic E-state index is 4.36. The van der Waals surface area contributed by atoms with Gasteiger partial charge in [0.25, 0.3) is 0 Å². The molecule has 8 heavy (non-hydrogen) atoms. The number of rotatable bonds is 2. The number of nitrogens with one attached hydrogen (secondary N) is 1. The molecule has 0 amide bonds. The zero-order valence-electron chi connectivity index (χ0n) is 5.36. The van der Waals surface area contributed by atoms with Crippen molar-refractivity contribution in [2.75, 3.05) is 0 Å². The lowest BCUT2D eigenvalue weighted by molar-refractivity contribution is 1.04. The average molecular weight is 146 g/mol. The molecule has 0 spiro atoms. The summed E-state index contributed by atoms with van der Waals surface area (Å²) >= 11 is 4.36. The van der Waals surface area contributed by atoms with Crippen LogP contribution in [0.25, 0.3) is 0 Å². The Hall–Kier alpha value is -0.183. The standard InChI is InChI=1S/C4H10N2SSi/c1-8(2,3)6-5-4-7/h6H,1-3H3. The molecule has 0 fully saturated rings. The van der Waals surface area contributed by atoms with E-state index in [0.717, 1.165) is 0 Å². The van der Waals surface area contributed by atoms with E-state index >= 15 is 0 Å². The van der Waals surface area contributed by atoms with Crippen molar-refractivity contribution >= 4 is 25.6 Å². The van der Waals surface area contributed by atoms with Gasteiger partial charge in [-0.2, -0.15) is 0 Å². The molecule has 4 heteroatoms. The van der Waals surface area contributed by atoms with Crippen LogP contribution >= 0.6 is 12.2 Å². The highest BCUT2D eigenvalue weighted by molar-refractivity contribution is 7.78. The van der Waals surface area contributed by atoms with Crippen molar-refractivity contribution < 1.29 is 0 Å². The van der Waals surface area contributed by atoms with Crippen LogP contribution in [0.5, 0.6) is 0 Å². The van der Waals surface area contributed by atoms with Crippen LogP contribution in [0.2, 0.25) is 19.6 Å². The monoisotopic (exact) mass is 146 g/mol. The summed E-state index contributed by atoms with van der Waals surface area (Å²) in [5.41, 5.74) is 0. The fraction of sp³-hybridized carbons (Fsp3) is 0.750. The van der Waals surface area contributed by atoms with E-state index in [9.17, 15) is 0 Å². The third kappa shape index (κ3) is 5.82. The zero-order valence-corrected chi connectivity index (χ0v) is 7.17. The van der Waals surface area contributed by atoms with Crippen LogP contribution in [0.4, 0.5) is 0 Å². The summed E-state index contributed by atoms with van der Waals surface area (Å²) < 4.78 is 0. The Morgan fingerprint density at radius 2 is 2.00 bits per heavy atom. The highest BCUT2D eigenvalue weighted by atomic mass is 32.1. The minimum Gasteiger partial charge on any atom is -0.328 e. The predicted molar refractivity (Wildman–Crippen MR) is 41.5 cm³/mol. The Balaban J connectivity index is 3.55. The van der Waals surface area contributed by atoms with E-state index in [0.29, 0.717) is 0 Å². The van der Waals surface area contributed by atoms with E-state index < -0.39 is 8.24 Å². The third-order valence-corrected chi connectivity index (χ3v) is 1.31. The number of hydrazone groups is 1. The van der Waals surface area contributed by atoms with Gasteiger partial charge in [0, 0.05) is 0 Å². The molecule has 0 unspecified atom stereocenters. The van der Waals surface area contributed by atoms with Crippen molar-refractivity contribution in [2.24, 2.45) is 5.10 Å². The number of thiocarbonyl (C=S) groups is 1. The molecule has 0 aliphatic carbocycles. The smallest absolute Gasteiger partial charge is 0.166 e. The second kappa shape index (κ2) is 2.97. The van der Waals surface area contributed by atoms with Gasteiger partial charge in [-0.3, -0.25) is 0 Å². The number of hydrogen-bond acceptors (Lipinski definition) is 3. The Morgan fingerprint density at radius 3 is 2.12 bits per heavy atom. The lowest BCUT2D eigenvalue weighted by Crippen LogP contribution is -2.36. The highest BCUT2D eigenvalue weighted by Gasteiger charge is 2.09. The van der Waals surface area contributed by atoms with E-state index in [4.69, 9.17) is 0 Å². The van der Waals surface area contributed by atoms with E-state index in [-0.39, 0.29) is 0 Å². The number of nitrogens with zero attached hydrogens (tertiary/aromatic N) is 1. The van der Waals surface area contributed by atoms with Gasteiger partial charge in [0.05, 0.1) is 5.16 Å². The largest absolute Gasteiger partial charge is 0.328 e. The zero-order chi connectivity index (χ0) is 6.62. The molecule has 1 N–H and O–H groups in total.